The quantitative estimate of drug-likeness (QED) is 0.383. The van der Waals surface area contributed by atoms with Gasteiger partial charge in [0, 0.05) is 48.3 Å². The van der Waals surface area contributed by atoms with Crippen LogP contribution in [0.4, 0.5) is 0 Å². The first kappa shape index (κ1) is 24.7. The van der Waals surface area contributed by atoms with Gasteiger partial charge >= 0.3 is 0 Å². The van der Waals surface area contributed by atoms with Crippen LogP contribution >= 0.6 is 23.2 Å². The minimum absolute atomic E-state index is 0.146. The van der Waals surface area contributed by atoms with Crippen LogP contribution in [0, 0.1) is 0 Å². The number of ether oxygens (including phenoxy) is 3. The molecule has 1 aliphatic heterocycles. The van der Waals surface area contributed by atoms with Gasteiger partial charge in [-0.15, -0.1) is 0 Å². The summed E-state index contributed by atoms with van der Waals surface area (Å²) >= 11 is 12.3. The van der Waals surface area contributed by atoms with Crippen LogP contribution in [0.25, 0.3) is 0 Å². The molecule has 0 amide bonds. The van der Waals surface area contributed by atoms with E-state index in [9.17, 15) is 0 Å². The van der Waals surface area contributed by atoms with Crippen LogP contribution in [-0.2, 0) is 6.54 Å². The van der Waals surface area contributed by atoms with Crippen molar-refractivity contribution in [3.05, 3.63) is 87.4 Å². The Bertz CT molecular complexity index is 1040. The van der Waals surface area contributed by atoms with E-state index in [0.717, 1.165) is 54.1 Å². The molecule has 4 rings (SSSR count). The van der Waals surface area contributed by atoms with Gasteiger partial charge in [-0.1, -0.05) is 53.5 Å². The first-order valence-electron chi connectivity index (χ1n) is 11.3. The fraction of sp³-hybridized carbons (Fsp3) is 0.333. The molecule has 3 aromatic carbocycles. The molecule has 180 valence electrons. The van der Waals surface area contributed by atoms with E-state index in [1.54, 1.807) is 21.3 Å². The van der Waals surface area contributed by atoms with Gasteiger partial charge in [-0.05, 0) is 41.5 Å². The van der Waals surface area contributed by atoms with E-state index in [1.807, 2.05) is 30.3 Å². The molecule has 0 aliphatic carbocycles. The lowest BCUT2D eigenvalue weighted by Crippen LogP contribution is -2.47. The van der Waals surface area contributed by atoms with Crippen molar-refractivity contribution in [2.24, 2.45) is 0 Å². The lowest BCUT2D eigenvalue weighted by atomic mass is 9.96. The molecular formula is C27H30Cl2N2O3. The predicted octanol–water partition coefficient (Wildman–Crippen LogP) is 5.93. The fourth-order valence-corrected chi connectivity index (χ4v) is 4.86. The second kappa shape index (κ2) is 11.3. The molecule has 0 radical (unpaired) electrons. The second-order valence-electron chi connectivity index (χ2n) is 8.31. The number of piperazine rings is 1. The third kappa shape index (κ3) is 5.44. The first-order chi connectivity index (χ1) is 16.5. The van der Waals surface area contributed by atoms with Gasteiger partial charge in [0.1, 0.15) is 0 Å². The minimum Gasteiger partial charge on any atom is -0.493 e. The van der Waals surface area contributed by atoms with Gasteiger partial charge in [0.05, 0.1) is 27.4 Å². The minimum atomic E-state index is 0.146. The molecule has 0 saturated carbocycles. The average molecular weight is 501 g/mol. The fourth-order valence-electron chi connectivity index (χ4n) is 4.61. The Kier molecular flexibility index (Phi) is 8.22. The maximum atomic E-state index is 6.17. The van der Waals surface area contributed by atoms with Gasteiger partial charge in [-0.3, -0.25) is 9.80 Å². The molecule has 7 heteroatoms. The van der Waals surface area contributed by atoms with Crippen LogP contribution in [0.15, 0.2) is 60.7 Å². The van der Waals surface area contributed by atoms with Gasteiger partial charge < -0.3 is 14.2 Å². The van der Waals surface area contributed by atoms with Crippen LogP contribution in [-0.4, -0.2) is 57.3 Å². The van der Waals surface area contributed by atoms with Crippen molar-refractivity contribution < 1.29 is 14.2 Å². The molecule has 1 heterocycles. The Balaban J connectivity index is 1.51. The van der Waals surface area contributed by atoms with Crippen LogP contribution in [0.1, 0.15) is 22.7 Å². The highest BCUT2D eigenvalue weighted by Crippen LogP contribution is 2.40. The maximum absolute atomic E-state index is 6.17. The monoisotopic (exact) mass is 500 g/mol. The van der Waals surface area contributed by atoms with Gasteiger partial charge in [0.15, 0.2) is 11.5 Å². The Morgan fingerprint density at radius 3 is 1.68 bits per heavy atom. The summed E-state index contributed by atoms with van der Waals surface area (Å²) in [5, 5.41) is 1.49. The normalized spacial score (nSPS) is 14.9. The van der Waals surface area contributed by atoms with Crippen molar-refractivity contribution in [1.29, 1.82) is 0 Å². The highest BCUT2D eigenvalue weighted by Gasteiger charge is 2.27. The summed E-state index contributed by atoms with van der Waals surface area (Å²) in [6, 6.07) is 20.4. The van der Waals surface area contributed by atoms with E-state index in [1.165, 1.54) is 11.1 Å². The standard InChI is InChI=1S/C27H30Cl2N2O3/c1-32-24-13-8-21(26(33-2)27(24)34-3)18-30-14-16-31(17-15-30)25(19-4-9-22(28)10-5-19)20-6-11-23(29)12-7-20/h4-13,25H,14-18H2,1-3H3. The first-order valence-corrected chi connectivity index (χ1v) is 12.0. The topological polar surface area (TPSA) is 34.2 Å². The molecular weight excluding hydrogens is 471 g/mol. The van der Waals surface area contributed by atoms with Crippen molar-refractivity contribution in [2.75, 3.05) is 47.5 Å². The van der Waals surface area contributed by atoms with Gasteiger partial charge in [0.2, 0.25) is 5.75 Å². The van der Waals surface area contributed by atoms with Crippen molar-refractivity contribution in [3.8, 4) is 17.2 Å². The van der Waals surface area contributed by atoms with Crippen LogP contribution in [0.5, 0.6) is 17.2 Å². The molecule has 0 unspecified atom stereocenters. The number of halogens is 2. The molecule has 1 aliphatic rings. The third-order valence-electron chi connectivity index (χ3n) is 6.32. The number of benzene rings is 3. The zero-order valence-corrected chi connectivity index (χ0v) is 21.3. The molecule has 1 saturated heterocycles. The molecule has 0 spiro atoms. The summed E-state index contributed by atoms with van der Waals surface area (Å²) in [6.45, 7) is 4.53. The molecule has 3 aromatic rings. The summed E-state index contributed by atoms with van der Waals surface area (Å²) < 4.78 is 16.7. The van der Waals surface area contributed by atoms with E-state index in [-0.39, 0.29) is 6.04 Å². The van der Waals surface area contributed by atoms with Gasteiger partial charge in [0.25, 0.3) is 0 Å². The highest BCUT2D eigenvalue weighted by molar-refractivity contribution is 6.30. The van der Waals surface area contributed by atoms with Gasteiger partial charge in [-0.25, -0.2) is 0 Å². The summed E-state index contributed by atoms with van der Waals surface area (Å²) in [6.07, 6.45) is 0. The SMILES string of the molecule is COc1ccc(CN2CCN(C(c3ccc(Cl)cc3)c3ccc(Cl)cc3)CC2)c(OC)c1OC. The molecule has 0 atom stereocenters. The average Bonchev–Trinajstić information content (AvgIpc) is 2.87. The van der Waals surface area contributed by atoms with E-state index in [4.69, 9.17) is 37.4 Å². The summed E-state index contributed by atoms with van der Waals surface area (Å²) in [7, 11) is 4.94. The number of hydrogen-bond donors (Lipinski definition) is 0. The summed E-state index contributed by atoms with van der Waals surface area (Å²) in [5.74, 6) is 2.03. The number of rotatable bonds is 8. The van der Waals surface area contributed by atoms with E-state index in [2.05, 4.69) is 40.1 Å². The maximum Gasteiger partial charge on any atom is 0.203 e. The highest BCUT2D eigenvalue weighted by atomic mass is 35.5. The molecule has 0 aromatic heterocycles. The Morgan fingerprint density at radius 2 is 1.21 bits per heavy atom. The smallest absolute Gasteiger partial charge is 0.203 e. The second-order valence-corrected chi connectivity index (χ2v) is 9.18. The third-order valence-corrected chi connectivity index (χ3v) is 6.83. The molecule has 5 nitrogen and oxygen atoms in total. The zero-order valence-electron chi connectivity index (χ0n) is 19.8. The van der Waals surface area contributed by atoms with E-state index in [0.29, 0.717) is 11.5 Å². The van der Waals surface area contributed by atoms with Crippen LogP contribution in [0.3, 0.4) is 0 Å². The largest absolute Gasteiger partial charge is 0.493 e. The van der Waals surface area contributed by atoms with Crippen molar-refractivity contribution in [1.82, 2.24) is 9.80 Å². The predicted molar refractivity (Wildman–Crippen MR) is 138 cm³/mol. The van der Waals surface area contributed by atoms with E-state index >= 15 is 0 Å². The Morgan fingerprint density at radius 1 is 0.676 bits per heavy atom. The lowest BCUT2D eigenvalue weighted by molar-refractivity contribution is 0.104. The summed E-state index contributed by atoms with van der Waals surface area (Å²) in [5.41, 5.74) is 3.53. The zero-order chi connectivity index (χ0) is 24.1. The molecule has 0 N–H and O–H groups in total. The van der Waals surface area contributed by atoms with Crippen molar-refractivity contribution in [2.45, 2.75) is 12.6 Å². The van der Waals surface area contributed by atoms with Crippen LogP contribution in [0.2, 0.25) is 10.0 Å². The van der Waals surface area contributed by atoms with Crippen molar-refractivity contribution in [3.63, 3.8) is 0 Å². The number of nitrogens with zero attached hydrogens (tertiary/aromatic N) is 2. The number of hydrogen-bond acceptors (Lipinski definition) is 5. The molecule has 34 heavy (non-hydrogen) atoms. The van der Waals surface area contributed by atoms with Crippen LogP contribution < -0.4 is 14.2 Å². The lowest BCUT2D eigenvalue weighted by Gasteiger charge is -2.40. The molecule has 1 fully saturated rings. The number of methoxy groups -OCH3 is 3. The summed E-state index contributed by atoms with van der Waals surface area (Å²) in [4.78, 5) is 4.97. The Hall–Kier alpha value is -2.44. The van der Waals surface area contributed by atoms with Crippen molar-refractivity contribution >= 4 is 23.2 Å². The van der Waals surface area contributed by atoms with E-state index < -0.39 is 0 Å². The molecule has 0 bridgehead atoms. The van der Waals surface area contributed by atoms with Gasteiger partial charge in [-0.2, -0.15) is 0 Å². The Labute approximate surface area is 211 Å².